The molecule has 0 atom stereocenters. The molecule has 0 radical (unpaired) electrons. The van der Waals surface area contributed by atoms with Gasteiger partial charge in [0.1, 0.15) is 23.3 Å². The SMILES string of the molecule is CC(C)c1cccc2c1oc1c(-c3ncnc4cc(F)ccc34)cccc12. The number of furan rings is 1. The predicted molar refractivity (Wildman–Crippen MR) is 106 cm³/mol. The summed E-state index contributed by atoms with van der Waals surface area (Å²) in [7, 11) is 0. The van der Waals surface area contributed by atoms with Crippen LogP contribution in [0.15, 0.2) is 65.3 Å². The minimum atomic E-state index is -0.310. The van der Waals surface area contributed by atoms with Gasteiger partial charge in [0, 0.05) is 27.8 Å². The normalized spacial score (nSPS) is 11.9. The van der Waals surface area contributed by atoms with Crippen LogP contribution < -0.4 is 0 Å². The number of nitrogens with zero attached hydrogens (tertiary/aromatic N) is 2. The molecule has 0 fully saturated rings. The first kappa shape index (κ1) is 15.9. The van der Waals surface area contributed by atoms with Gasteiger partial charge in [0.05, 0.1) is 11.2 Å². The van der Waals surface area contributed by atoms with Crippen LogP contribution in [0, 0.1) is 5.82 Å². The summed E-state index contributed by atoms with van der Waals surface area (Å²) >= 11 is 0. The Morgan fingerprint density at radius 2 is 1.63 bits per heavy atom. The van der Waals surface area contributed by atoms with Crippen molar-refractivity contribution in [3.63, 3.8) is 0 Å². The molecule has 2 heterocycles. The van der Waals surface area contributed by atoms with Gasteiger partial charge in [-0.25, -0.2) is 14.4 Å². The quantitative estimate of drug-likeness (QED) is 0.364. The highest BCUT2D eigenvalue weighted by Gasteiger charge is 2.17. The fourth-order valence-electron chi connectivity index (χ4n) is 3.73. The molecule has 0 aliphatic rings. The molecule has 2 aromatic heterocycles. The van der Waals surface area contributed by atoms with Crippen LogP contribution in [0.4, 0.5) is 4.39 Å². The lowest BCUT2D eigenvalue weighted by Crippen LogP contribution is -1.90. The van der Waals surface area contributed by atoms with Crippen LogP contribution in [0.3, 0.4) is 0 Å². The van der Waals surface area contributed by atoms with Gasteiger partial charge in [-0.05, 0) is 29.7 Å². The fraction of sp³-hybridized carbons (Fsp3) is 0.130. The summed E-state index contributed by atoms with van der Waals surface area (Å²) in [6, 6.07) is 16.9. The van der Waals surface area contributed by atoms with Crippen molar-refractivity contribution < 1.29 is 8.81 Å². The van der Waals surface area contributed by atoms with Gasteiger partial charge in [0.2, 0.25) is 0 Å². The Kier molecular flexibility index (Phi) is 3.47. The molecule has 132 valence electrons. The number of benzene rings is 3. The molecule has 0 aliphatic carbocycles. The minimum Gasteiger partial charge on any atom is -0.455 e. The number of hydrogen-bond donors (Lipinski definition) is 0. The third kappa shape index (κ3) is 2.40. The molecule has 0 saturated heterocycles. The molecule has 0 bridgehead atoms. The first-order valence-corrected chi connectivity index (χ1v) is 8.98. The Morgan fingerprint density at radius 3 is 2.44 bits per heavy atom. The number of hydrogen-bond acceptors (Lipinski definition) is 3. The van der Waals surface area contributed by atoms with E-state index in [1.165, 1.54) is 24.0 Å². The second kappa shape index (κ2) is 5.88. The molecule has 0 N–H and O–H groups in total. The molecule has 0 spiro atoms. The van der Waals surface area contributed by atoms with Crippen LogP contribution >= 0.6 is 0 Å². The van der Waals surface area contributed by atoms with Crippen molar-refractivity contribution in [3.05, 3.63) is 72.3 Å². The fourth-order valence-corrected chi connectivity index (χ4v) is 3.73. The van der Waals surface area contributed by atoms with E-state index in [-0.39, 0.29) is 5.82 Å². The summed E-state index contributed by atoms with van der Waals surface area (Å²) in [5.41, 5.74) is 5.11. The maximum absolute atomic E-state index is 13.6. The molecule has 4 heteroatoms. The van der Waals surface area contributed by atoms with Crippen LogP contribution in [-0.2, 0) is 0 Å². The van der Waals surface area contributed by atoms with Gasteiger partial charge in [-0.15, -0.1) is 0 Å². The highest BCUT2D eigenvalue weighted by atomic mass is 19.1. The Bertz CT molecular complexity index is 1320. The average Bonchev–Trinajstić information content (AvgIpc) is 3.06. The van der Waals surface area contributed by atoms with Crippen molar-refractivity contribution >= 4 is 32.8 Å². The maximum atomic E-state index is 13.6. The number of halogens is 1. The van der Waals surface area contributed by atoms with Gasteiger partial charge in [-0.1, -0.05) is 44.2 Å². The molecule has 0 unspecified atom stereocenters. The van der Waals surface area contributed by atoms with Gasteiger partial charge in [0.15, 0.2) is 0 Å². The zero-order valence-corrected chi connectivity index (χ0v) is 15.0. The van der Waals surface area contributed by atoms with Crippen molar-refractivity contribution in [2.45, 2.75) is 19.8 Å². The lowest BCUT2D eigenvalue weighted by Gasteiger charge is -2.06. The number of para-hydroxylation sites is 2. The predicted octanol–water partition coefficient (Wildman–Crippen LogP) is 6.46. The first-order chi connectivity index (χ1) is 13.1. The third-order valence-electron chi connectivity index (χ3n) is 5.03. The largest absolute Gasteiger partial charge is 0.455 e. The maximum Gasteiger partial charge on any atom is 0.144 e. The van der Waals surface area contributed by atoms with Crippen molar-refractivity contribution in [2.24, 2.45) is 0 Å². The second-order valence-electron chi connectivity index (χ2n) is 7.05. The summed E-state index contributed by atoms with van der Waals surface area (Å²) in [5, 5.41) is 2.96. The van der Waals surface area contributed by atoms with Crippen LogP contribution in [-0.4, -0.2) is 9.97 Å². The average molecular weight is 356 g/mol. The van der Waals surface area contributed by atoms with E-state index >= 15 is 0 Å². The lowest BCUT2D eigenvalue weighted by molar-refractivity contribution is 0.629. The minimum absolute atomic E-state index is 0.310. The number of fused-ring (bicyclic) bond motifs is 4. The molecule has 0 amide bonds. The second-order valence-corrected chi connectivity index (χ2v) is 7.05. The molecule has 3 nitrogen and oxygen atoms in total. The monoisotopic (exact) mass is 356 g/mol. The van der Waals surface area contributed by atoms with Gasteiger partial charge < -0.3 is 4.42 Å². The van der Waals surface area contributed by atoms with E-state index in [0.29, 0.717) is 11.4 Å². The van der Waals surface area contributed by atoms with Crippen LogP contribution in [0.1, 0.15) is 25.3 Å². The molecular weight excluding hydrogens is 339 g/mol. The van der Waals surface area contributed by atoms with E-state index in [2.05, 4.69) is 48.1 Å². The molecule has 27 heavy (non-hydrogen) atoms. The Morgan fingerprint density at radius 1 is 0.852 bits per heavy atom. The smallest absolute Gasteiger partial charge is 0.144 e. The summed E-state index contributed by atoms with van der Waals surface area (Å²) in [6.45, 7) is 4.32. The van der Waals surface area contributed by atoms with Crippen LogP contribution in [0.25, 0.3) is 44.1 Å². The van der Waals surface area contributed by atoms with Gasteiger partial charge >= 0.3 is 0 Å². The van der Waals surface area contributed by atoms with Gasteiger partial charge in [-0.3, -0.25) is 0 Å². The lowest BCUT2D eigenvalue weighted by atomic mass is 9.99. The summed E-state index contributed by atoms with van der Waals surface area (Å²) in [6.07, 6.45) is 1.47. The summed E-state index contributed by atoms with van der Waals surface area (Å²) < 4.78 is 20.0. The van der Waals surface area contributed by atoms with Gasteiger partial charge in [-0.2, -0.15) is 0 Å². The molecular formula is C23H17FN2O. The zero-order chi connectivity index (χ0) is 18.5. The van der Waals surface area contributed by atoms with Crippen molar-refractivity contribution in [1.29, 1.82) is 0 Å². The first-order valence-electron chi connectivity index (χ1n) is 8.98. The molecule has 5 rings (SSSR count). The van der Waals surface area contributed by atoms with E-state index in [4.69, 9.17) is 4.42 Å². The molecule has 5 aromatic rings. The van der Waals surface area contributed by atoms with Gasteiger partial charge in [0.25, 0.3) is 0 Å². The van der Waals surface area contributed by atoms with E-state index in [1.807, 2.05) is 12.1 Å². The standard InChI is InChI=1S/C23H17FN2O/c1-13(2)15-5-3-6-16-17-7-4-8-19(23(17)27-22(15)16)21-18-10-9-14(24)11-20(18)25-12-26-21/h3-13H,1-2H3. The van der Waals surface area contributed by atoms with Crippen molar-refractivity contribution in [2.75, 3.05) is 0 Å². The van der Waals surface area contributed by atoms with Crippen molar-refractivity contribution in [3.8, 4) is 11.3 Å². The highest BCUT2D eigenvalue weighted by Crippen LogP contribution is 2.39. The summed E-state index contributed by atoms with van der Waals surface area (Å²) in [5.74, 6) is 0.0521. The molecule has 0 saturated carbocycles. The molecule has 0 aliphatic heterocycles. The molecule has 3 aromatic carbocycles. The van der Waals surface area contributed by atoms with E-state index in [1.54, 1.807) is 6.07 Å². The number of rotatable bonds is 2. The van der Waals surface area contributed by atoms with E-state index in [9.17, 15) is 4.39 Å². The van der Waals surface area contributed by atoms with Crippen LogP contribution in [0.5, 0.6) is 0 Å². The van der Waals surface area contributed by atoms with Crippen molar-refractivity contribution in [1.82, 2.24) is 9.97 Å². The van der Waals surface area contributed by atoms with E-state index < -0.39 is 0 Å². The van der Waals surface area contributed by atoms with E-state index in [0.717, 1.165) is 38.6 Å². The third-order valence-corrected chi connectivity index (χ3v) is 5.03. The summed E-state index contributed by atoms with van der Waals surface area (Å²) in [4.78, 5) is 8.70. The van der Waals surface area contributed by atoms with Crippen LogP contribution in [0.2, 0.25) is 0 Å². The Balaban J connectivity index is 1.88. The highest BCUT2D eigenvalue weighted by molar-refractivity contribution is 6.11. The Hall–Kier alpha value is -3.27. The topological polar surface area (TPSA) is 38.9 Å². The zero-order valence-electron chi connectivity index (χ0n) is 15.0. The Labute approximate surface area is 155 Å². The number of aromatic nitrogens is 2.